The molecule has 6 heteroatoms. The second-order valence-corrected chi connectivity index (χ2v) is 6.36. The van der Waals surface area contributed by atoms with Crippen molar-refractivity contribution in [2.45, 2.75) is 19.3 Å². The van der Waals surface area contributed by atoms with E-state index in [4.69, 9.17) is 14.5 Å². The van der Waals surface area contributed by atoms with Crippen molar-refractivity contribution in [2.24, 2.45) is 4.99 Å². The molecule has 0 saturated heterocycles. The molecule has 0 radical (unpaired) electrons. The molecule has 23 heavy (non-hydrogen) atoms. The summed E-state index contributed by atoms with van der Waals surface area (Å²) in [5, 5.41) is 0. The molecule has 132 valence electrons. The first-order valence-corrected chi connectivity index (χ1v) is 7.34. The minimum absolute atomic E-state index is 0. The average molecular weight is 435 g/mol. The SMILES string of the molecule is COc1ccc(C(C)(C)CN=C(N(C)C)N(C)C)cc1OC.I. The number of hydrogen-bond acceptors (Lipinski definition) is 3. The van der Waals surface area contributed by atoms with Gasteiger partial charge in [0.2, 0.25) is 0 Å². The van der Waals surface area contributed by atoms with Crippen molar-refractivity contribution in [3.63, 3.8) is 0 Å². The predicted molar refractivity (Wildman–Crippen MR) is 108 cm³/mol. The van der Waals surface area contributed by atoms with Gasteiger partial charge >= 0.3 is 0 Å². The molecular weight excluding hydrogens is 405 g/mol. The van der Waals surface area contributed by atoms with E-state index < -0.39 is 0 Å². The summed E-state index contributed by atoms with van der Waals surface area (Å²) >= 11 is 0. The zero-order chi connectivity index (χ0) is 16.9. The lowest BCUT2D eigenvalue weighted by Crippen LogP contribution is -2.36. The molecule has 0 aliphatic carbocycles. The average Bonchev–Trinajstić information content (AvgIpc) is 2.45. The third-order valence-electron chi connectivity index (χ3n) is 3.58. The second kappa shape index (κ2) is 9.20. The van der Waals surface area contributed by atoms with Crippen LogP contribution in [0, 0.1) is 0 Å². The zero-order valence-corrected chi connectivity index (χ0v) is 17.8. The summed E-state index contributed by atoms with van der Waals surface area (Å²) in [5.74, 6) is 2.44. The molecule has 0 bridgehead atoms. The minimum Gasteiger partial charge on any atom is -0.493 e. The summed E-state index contributed by atoms with van der Waals surface area (Å²) < 4.78 is 10.7. The van der Waals surface area contributed by atoms with E-state index in [0.717, 1.165) is 17.5 Å². The van der Waals surface area contributed by atoms with Crippen LogP contribution in [0.3, 0.4) is 0 Å². The van der Waals surface area contributed by atoms with Gasteiger partial charge in [0, 0.05) is 33.6 Å². The van der Waals surface area contributed by atoms with Crippen LogP contribution >= 0.6 is 24.0 Å². The Morgan fingerprint density at radius 1 is 1.00 bits per heavy atom. The van der Waals surface area contributed by atoms with Crippen molar-refractivity contribution in [3.05, 3.63) is 23.8 Å². The highest BCUT2D eigenvalue weighted by Gasteiger charge is 2.22. The summed E-state index contributed by atoms with van der Waals surface area (Å²) in [4.78, 5) is 8.80. The summed E-state index contributed by atoms with van der Waals surface area (Å²) in [6, 6.07) is 6.04. The van der Waals surface area contributed by atoms with Crippen LogP contribution in [0.2, 0.25) is 0 Å². The molecule has 1 aromatic carbocycles. The standard InChI is InChI=1S/C17H29N3O2.HI/c1-17(2,12-18-16(19(3)4)20(5)6)13-9-10-14(21-7)15(11-13)22-8;/h9-11H,12H2,1-8H3;1H. The van der Waals surface area contributed by atoms with Gasteiger partial charge in [0.1, 0.15) is 0 Å². The molecule has 0 saturated carbocycles. The number of aliphatic imine (C=N–C) groups is 1. The van der Waals surface area contributed by atoms with Crippen molar-refractivity contribution < 1.29 is 9.47 Å². The zero-order valence-electron chi connectivity index (χ0n) is 15.5. The largest absolute Gasteiger partial charge is 0.493 e. The van der Waals surface area contributed by atoms with E-state index in [2.05, 4.69) is 19.9 Å². The van der Waals surface area contributed by atoms with Crippen LogP contribution < -0.4 is 9.47 Å². The summed E-state index contributed by atoms with van der Waals surface area (Å²) in [6.07, 6.45) is 0. The fourth-order valence-electron chi connectivity index (χ4n) is 2.30. The van der Waals surface area contributed by atoms with Gasteiger partial charge in [-0.2, -0.15) is 0 Å². The van der Waals surface area contributed by atoms with Crippen LogP contribution in [0.5, 0.6) is 11.5 Å². The molecule has 0 aliphatic rings. The van der Waals surface area contributed by atoms with Gasteiger partial charge in [-0.15, -0.1) is 24.0 Å². The molecule has 0 amide bonds. The highest BCUT2D eigenvalue weighted by Crippen LogP contribution is 2.33. The molecule has 1 aromatic rings. The highest BCUT2D eigenvalue weighted by atomic mass is 127. The number of methoxy groups -OCH3 is 2. The summed E-state index contributed by atoms with van der Waals surface area (Å²) in [6.45, 7) is 5.05. The number of guanidine groups is 1. The Balaban J connectivity index is 0.00000484. The maximum atomic E-state index is 5.40. The Hall–Kier alpha value is -1.18. The molecule has 0 heterocycles. The van der Waals surface area contributed by atoms with Gasteiger partial charge < -0.3 is 19.3 Å². The van der Waals surface area contributed by atoms with Crippen LogP contribution in [-0.2, 0) is 5.41 Å². The van der Waals surface area contributed by atoms with Gasteiger partial charge in [0.15, 0.2) is 17.5 Å². The predicted octanol–water partition coefficient (Wildman–Crippen LogP) is 3.08. The van der Waals surface area contributed by atoms with Crippen LogP contribution in [0.4, 0.5) is 0 Å². The number of ether oxygens (including phenoxy) is 2. The van der Waals surface area contributed by atoms with Crippen LogP contribution in [0.25, 0.3) is 0 Å². The molecule has 0 N–H and O–H groups in total. The molecule has 0 aromatic heterocycles. The van der Waals surface area contributed by atoms with E-state index in [-0.39, 0.29) is 29.4 Å². The Labute approximate surface area is 157 Å². The van der Waals surface area contributed by atoms with E-state index >= 15 is 0 Å². The minimum atomic E-state index is -0.100. The lowest BCUT2D eigenvalue weighted by Gasteiger charge is -2.27. The number of benzene rings is 1. The van der Waals surface area contributed by atoms with Crippen LogP contribution in [0.15, 0.2) is 23.2 Å². The number of nitrogens with zero attached hydrogens (tertiary/aromatic N) is 3. The summed E-state index contributed by atoms with van der Waals surface area (Å²) in [7, 11) is 11.3. The first-order chi connectivity index (χ1) is 10.2. The van der Waals surface area contributed by atoms with Gasteiger partial charge in [-0.05, 0) is 17.7 Å². The van der Waals surface area contributed by atoms with Crippen LogP contribution in [-0.4, -0.2) is 64.7 Å². The second-order valence-electron chi connectivity index (χ2n) is 6.36. The van der Waals surface area contributed by atoms with Crippen LogP contribution in [0.1, 0.15) is 19.4 Å². The maximum absolute atomic E-state index is 5.40. The smallest absolute Gasteiger partial charge is 0.195 e. The van der Waals surface area contributed by atoms with Crippen molar-refractivity contribution in [1.29, 1.82) is 0 Å². The van der Waals surface area contributed by atoms with Gasteiger partial charge in [-0.1, -0.05) is 19.9 Å². The first-order valence-electron chi connectivity index (χ1n) is 7.34. The quantitative estimate of drug-likeness (QED) is 0.405. The fraction of sp³-hybridized carbons (Fsp3) is 0.588. The van der Waals surface area contributed by atoms with E-state index in [1.807, 2.05) is 50.1 Å². The molecule has 0 spiro atoms. The van der Waals surface area contributed by atoms with Crippen molar-refractivity contribution in [2.75, 3.05) is 49.0 Å². The van der Waals surface area contributed by atoms with E-state index in [0.29, 0.717) is 6.54 Å². The third kappa shape index (κ3) is 5.75. The molecule has 0 unspecified atom stereocenters. The normalized spacial score (nSPS) is 10.4. The first kappa shape index (κ1) is 21.8. The summed E-state index contributed by atoms with van der Waals surface area (Å²) in [5.41, 5.74) is 1.07. The van der Waals surface area contributed by atoms with E-state index in [9.17, 15) is 0 Å². The van der Waals surface area contributed by atoms with E-state index in [1.54, 1.807) is 14.2 Å². The molecule has 1 rings (SSSR count). The Morgan fingerprint density at radius 3 is 1.96 bits per heavy atom. The number of rotatable bonds is 5. The molecule has 0 fully saturated rings. The van der Waals surface area contributed by atoms with Gasteiger partial charge in [-0.3, -0.25) is 4.99 Å². The molecule has 0 atom stereocenters. The van der Waals surface area contributed by atoms with Gasteiger partial charge in [-0.25, -0.2) is 0 Å². The van der Waals surface area contributed by atoms with Crippen molar-refractivity contribution in [1.82, 2.24) is 9.80 Å². The molecular formula is C17H30IN3O2. The van der Waals surface area contributed by atoms with Crippen molar-refractivity contribution >= 4 is 29.9 Å². The van der Waals surface area contributed by atoms with Gasteiger partial charge in [0.25, 0.3) is 0 Å². The number of halogens is 1. The monoisotopic (exact) mass is 435 g/mol. The van der Waals surface area contributed by atoms with E-state index in [1.165, 1.54) is 5.56 Å². The van der Waals surface area contributed by atoms with Crippen molar-refractivity contribution in [3.8, 4) is 11.5 Å². The lowest BCUT2D eigenvalue weighted by atomic mass is 9.84. The Bertz CT molecular complexity index is 519. The maximum Gasteiger partial charge on any atom is 0.195 e. The Kier molecular flexibility index (Phi) is 8.73. The fourth-order valence-corrected chi connectivity index (χ4v) is 2.30. The topological polar surface area (TPSA) is 37.3 Å². The van der Waals surface area contributed by atoms with Gasteiger partial charge in [0.05, 0.1) is 20.8 Å². The third-order valence-corrected chi connectivity index (χ3v) is 3.58. The number of hydrogen-bond donors (Lipinski definition) is 0. The lowest BCUT2D eigenvalue weighted by molar-refractivity contribution is 0.353. The Morgan fingerprint density at radius 2 is 1.52 bits per heavy atom. The highest BCUT2D eigenvalue weighted by molar-refractivity contribution is 14.0. The molecule has 5 nitrogen and oxygen atoms in total. The molecule has 0 aliphatic heterocycles.